The van der Waals surface area contributed by atoms with Crippen molar-refractivity contribution >= 4 is 12.1 Å². The molecule has 0 aromatic carbocycles. The van der Waals surface area contributed by atoms with E-state index >= 15 is 0 Å². The molecule has 0 spiro atoms. The van der Waals surface area contributed by atoms with Crippen LogP contribution in [0, 0.1) is 0 Å². The van der Waals surface area contributed by atoms with Gasteiger partial charge in [-0.2, -0.15) is 0 Å². The van der Waals surface area contributed by atoms with E-state index in [1.54, 1.807) is 18.5 Å². The molecule has 0 bridgehead atoms. The highest BCUT2D eigenvalue weighted by Crippen LogP contribution is 1.80. The molecule has 0 aromatic heterocycles. The minimum atomic E-state index is 0.760. The summed E-state index contributed by atoms with van der Waals surface area (Å²) in [5.41, 5.74) is 2.79. The van der Waals surface area contributed by atoms with E-state index in [-0.39, 0.29) is 0 Å². The van der Waals surface area contributed by atoms with Gasteiger partial charge in [0.2, 0.25) is 0 Å². The van der Waals surface area contributed by atoms with E-state index in [9.17, 15) is 0 Å². The number of hydrogen-bond donors (Lipinski definition) is 1. The highest BCUT2D eigenvalue weighted by molar-refractivity contribution is 5.79. The third-order valence-electron chi connectivity index (χ3n) is 1.03. The quantitative estimate of drug-likeness (QED) is 0.275. The molecule has 0 aromatic rings. The summed E-state index contributed by atoms with van der Waals surface area (Å²) in [6.45, 7) is 1.83. The first-order chi connectivity index (χ1) is 4.30. The summed E-state index contributed by atoms with van der Waals surface area (Å²) in [7, 11) is 0. The predicted octanol–water partition coefficient (Wildman–Crippen LogP) is 0.0442. The third-order valence-corrected chi connectivity index (χ3v) is 1.03. The summed E-state index contributed by atoms with van der Waals surface area (Å²) in [4.78, 5) is 3.92. The number of hydrazone groups is 1. The van der Waals surface area contributed by atoms with E-state index in [0.29, 0.717) is 0 Å². The summed E-state index contributed by atoms with van der Waals surface area (Å²) in [5, 5.41) is 0. The van der Waals surface area contributed by atoms with Crippen molar-refractivity contribution in [2.24, 2.45) is 10.8 Å². The molecule has 3 heteroatoms. The average Bonchev–Trinajstić information content (AvgIpc) is 1.99. The molecular weight excluding hydrogens is 114 g/mol. The van der Waals surface area contributed by atoms with Crippen molar-refractivity contribution < 1.29 is 4.68 Å². The predicted molar refractivity (Wildman–Crippen MR) is 36.3 cm³/mol. The Morgan fingerprint density at radius 2 is 2.56 bits per heavy atom. The Morgan fingerprint density at radius 3 is 3.33 bits per heavy atom. The van der Waals surface area contributed by atoms with E-state index in [2.05, 4.69) is 10.7 Å². The second kappa shape index (κ2) is 2.29. The van der Waals surface area contributed by atoms with Gasteiger partial charge in [0, 0.05) is 13.0 Å². The summed E-state index contributed by atoms with van der Waals surface area (Å²) in [6, 6.07) is 0. The van der Waals surface area contributed by atoms with E-state index in [1.165, 1.54) is 4.68 Å². The first kappa shape index (κ1) is 5.79. The monoisotopic (exact) mass is 122 g/mol. The maximum absolute atomic E-state index is 5.43. The van der Waals surface area contributed by atoms with Gasteiger partial charge < -0.3 is 0 Å². The van der Waals surface area contributed by atoms with Gasteiger partial charge in [0.25, 0.3) is 0 Å². The number of hydrazine groups is 1. The lowest BCUT2D eigenvalue weighted by molar-refractivity contribution is -0.414. The zero-order valence-corrected chi connectivity index (χ0v) is 5.20. The van der Waals surface area contributed by atoms with Crippen molar-refractivity contribution in [2.45, 2.75) is 6.92 Å². The fourth-order valence-corrected chi connectivity index (χ4v) is 0.472. The van der Waals surface area contributed by atoms with Crippen molar-refractivity contribution in [3.8, 4) is 0 Å². The molecule has 1 aliphatic heterocycles. The molecule has 0 radical (unpaired) electrons. The molecule has 1 aliphatic rings. The third kappa shape index (κ3) is 1.27. The van der Waals surface area contributed by atoms with Gasteiger partial charge in [-0.15, -0.1) is 4.68 Å². The van der Waals surface area contributed by atoms with Crippen LogP contribution in [0.5, 0.6) is 0 Å². The Balaban J connectivity index is 3.01. The Hall–Kier alpha value is -1.34. The molecule has 3 nitrogen and oxygen atoms in total. The molecule has 0 atom stereocenters. The van der Waals surface area contributed by atoms with Crippen molar-refractivity contribution in [2.75, 3.05) is 0 Å². The topological polar surface area (TPSA) is 41.4 Å². The van der Waals surface area contributed by atoms with Crippen LogP contribution in [0.3, 0.4) is 0 Å². The number of nitrogens with two attached hydrogens (primary N) is 1. The number of amidine groups is 1. The molecule has 1 heterocycles. The molecule has 9 heavy (non-hydrogen) atoms. The number of rotatable bonds is 0. The molecule has 0 unspecified atom stereocenters. The van der Waals surface area contributed by atoms with Gasteiger partial charge >= 0.3 is 5.84 Å². The molecule has 0 fully saturated rings. The molecule has 0 amide bonds. The van der Waals surface area contributed by atoms with Gasteiger partial charge in [0.1, 0.15) is 6.21 Å². The highest BCUT2D eigenvalue weighted by Gasteiger charge is 2.00. The van der Waals surface area contributed by atoms with E-state index in [0.717, 1.165) is 5.84 Å². The lowest BCUT2D eigenvalue weighted by atomic mass is 10.6. The van der Waals surface area contributed by atoms with Crippen LogP contribution in [0.2, 0.25) is 0 Å². The highest BCUT2D eigenvalue weighted by atomic mass is 15.3. The Labute approximate surface area is 53.5 Å². The minimum Gasteiger partial charge on any atom is -0.269 e. The van der Waals surface area contributed by atoms with Crippen LogP contribution >= 0.6 is 0 Å². The van der Waals surface area contributed by atoms with E-state index in [4.69, 9.17) is 5.84 Å². The summed E-state index contributed by atoms with van der Waals surface area (Å²) < 4.78 is 1.44. The van der Waals surface area contributed by atoms with Crippen LogP contribution in [0.25, 0.3) is 0 Å². The fourth-order valence-electron chi connectivity index (χ4n) is 0.472. The average molecular weight is 122 g/mol. The molecule has 0 saturated carbocycles. The molecule has 1 rings (SSSR count). The standard InChI is InChI=1S/C6H8N3/c1-6-8-4-2-3-5-9(6)7/h3-5H,7H2,1H3/q+1. The van der Waals surface area contributed by atoms with Gasteiger partial charge in [0.15, 0.2) is 6.20 Å². The van der Waals surface area contributed by atoms with Gasteiger partial charge in [-0.25, -0.2) is 0 Å². The lowest BCUT2D eigenvalue weighted by Gasteiger charge is -1.87. The summed E-state index contributed by atoms with van der Waals surface area (Å²) in [5.74, 6) is 6.19. The van der Waals surface area contributed by atoms with Gasteiger partial charge in [-0.05, 0) is 4.99 Å². The molecule has 46 valence electrons. The Kier molecular flexibility index (Phi) is 1.47. The zero-order valence-electron chi connectivity index (χ0n) is 5.20. The van der Waals surface area contributed by atoms with Crippen LogP contribution < -0.4 is 5.84 Å². The molecule has 0 saturated heterocycles. The number of allylic oxidation sites excluding steroid dienone is 1. The Bertz CT molecular complexity index is 207. The maximum atomic E-state index is 5.43. The first-order valence-corrected chi connectivity index (χ1v) is 2.63. The van der Waals surface area contributed by atoms with Crippen molar-refractivity contribution in [3.05, 3.63) is 18.0 Å². The zero-order chi connectivity index (χ0) is 6.69. The molecule has 2 N–H and O–H groups in total. The second-order valence-electron chi connectivity index (χ2n) is 1.70. The Morgan fingerprint density at radius 1 is 1.78 bits per heavy atom. The van der Waals surface area contributed by atoms with Crippen molar-refractivity contribution in [1.29, 1.82) is 0 Å². The van der Waals surface area contributed by atoms with Crippen LogP contribution in [-0.2, 0) is 0 Å². The largest absolute Gasteiger partial charge is 0.318 e. The number of nitrogens with zero attached hydrogens (tertiary/aromatic N) is 2. The van der Waals surface area contributed by atoms with E-state index in [1.807, 2.05) is 6.92 Å². The van der Waals surface area contributed by atoms with Gasteiger partial charge in [-0.3, -0.25) is 5.84 Å². The maximum Gasteiger partial charge on any atom is 0.318 e. The van der Waals surface area contributed by atoms with Crippen LogP contribution in [0.15, 0.2) is 23.0 Å². The minimum absolute atomic E-state index is 0.760. The summed E-state index contributed by atoms with van der Waals surface area (Å²) in [6.07, 6.45) is 4.99. The van der Waals surface area contributed by atoms with Crippen molar-refractivity contribution in [3.63, 3.8) is 0 Å². The van der Waals surface area contributed by atoms with E-state index < -0.39 is 0 Å². The normalized spacial score (nSPS) is 16.6. The SMILES string of the molecule is CC1=NC=C=CC=[N+]1N. The lowest BCUT2D eigenvalue weighted by Crippen LogP contribution is -2.25. The van der Waals surface area contributed by atoms with Crippen LogP contribution in [0.1, 0.15) is 6.92 Å². The smallest absolute Gasteiger partial charge is 0.269 e. The molecule has 0 aliphatic carbocycles. The number of aliphatic imine (C=N–C) groups is 1. The second-order valence-corrected chi connectivity index (χ2v) is 1.70. The van der Waals surface area contributed by atoms with Crippen LogP contribution in [0.4, 0.5) is 0 Å². The van der Waals surface area contributed by atoms with Crippen molar-refractivity contribution in [1.82, 2.24) is 0 Å². The van der Waals surface area contributed by atoms with Gasteiger partial charge in [-0.1, -0.05) is 5.73 Å². The first-order valence-electron chi connectivity index (χ1n) is 2.63. The molecular formula is C6H8N3+. The fraction of sp³-hybridized carbons (Fsp3) is 0.167. The number of hydrogen-bond acceptors (Lipinski definition) is 2. The van der Waals surface area contributed by atoms with Gasteiger partial charge in [0.05, 0.1) is 0 Å². The van der Waals surface area contributed by atoms with Crippen LogP contribution in [-0.4, -0.2) is 16.7 Å². The summed E-state index contributed by atoms with van der Waals surface area (Å²) >= 11 is 0.